The second-order valence-electron chi connectivity index (χ2n) is 8.24. The number of carbonyl (C=O) groups is 1. The lowest BCUT2D eigenvalue weighted by molar-refractivity contribution is -0.155. The molecule has 29 heavy (non-hydrogen) atoms. The van der Waals surface area contributed by atoms with Gasteiger partial charge in [0.2, 0.25) is 0 Å². The first-order valence-corrected chi connectivity index (χ1v) is 11.8. The van der Waals surface area contributed by atoms with Gasteiger partial charge in [-0.2, -0.15) is 0 Å². The van der Waals surface area contributed by atoms with Gasteiger partial charge in [0.1, 0.15) is 6.10 Å². The second-order valence-corrected chi connectivity index (χ2v) is 8.24. The maximum absolute atomic E-state index is 11.5. The molecule has 0 saturated carbocycles. The van der Waals surface area contributed by atoms with E-state index in [2.05, 4.69) is 6.92 Å². The molecule has 6 nitrogen and oxygen atoms in total. The van der Waals surface area contributed by atoms with E-state index in [4.69, 9.17) is 14.9 Å². The standard InChI is InChI=1S/C23H46O6/c1-2-3-4-5-6-7-8-9-11-14-20(26)15-12-10-13-16-21(27)17-23(28)29-22(18-24)19-25/h20-22,24-27H,2-19H2,1H3. The lowest BCUT2D eigenvalue weighted by Crippen LogP contribution is -2.27. The third-order valence-corrected chi connectivity index (χ3v) is 5.32. The number of ether oxygens (including phenoxy) is 1. The zero-order chi connectivity index (χ0) is 21.7. The molecule has 0 aliphatic heterocycles. The number of aliphatic hydroxyl groups is 4. The normalized spacial score (nSPS) is 13.6. The third kappa shape index (κ3) is 19.0. The fraction of sp³-hybridized carbons (Fsp3) is 0.957. The molecule has 0 radical (unpaired) electrons. The number of hydrogen-bond donors (Lipinski definition) is 4. The van der Waals surface area contributed by atoms with Crippen LogP contribution in [0.2, 0.25) is 0 Å². The Kier molecular flexibility index (Phi) is 20.1. The molecule has 6 heteroatoms. The van der Waals surface area contributed by atoms with Crippen LogP contribution >= 0.6 is 0 Å². The number of hydrogen-bond acceptors (Lipinski definition) is 6. The van der Waals surface area contributed by atoms with Gasteiger partial charge in [-0.3, -0.25) is 4.79 Å². The number of aliphatic hydroxyl groups excluding tert-OH is 4. The van der Waals surface area contributed by atoms with E-state index >= 15 is 0 Å². The number of carbonyl (C=O) groups excluding carboxylic acids is 1. The summed E-state index contributed by atoms with van der Waals surface area (Å²) in [7, 11) is 0. The summed E-state index contributed by atoms with van der Waals surface area (Å²) >= 11 is 0. The minimum absolute atomic E-state index is 0.127. The Morgan fingerprint density at radius 1 is 0.690 bits per heavy atom. The number of rotatable bonds is 21. The van der Waals surface area contributed by atoms with Crippen molar-refractivity contribution >= 4 is 5.97 Å². The van der Waals surface area contributed by atoms with Crippen LogP contribution in [0.3, 0.4) is 0 Å². The molecule has 0 aromatic heterocycles. The molecule has 0 heterocycles. The molecule has 0 aromatic rings. The van der Waals surface area contributed by atoms with Crippen LogP contribution in [0.15, 0.2) is 0 Å². The summed E-state index contributed by atoms with van der Waals surface area (Å²) in [6.07, 6.45) is 14.4. The summed E-state index contributed by atoms with van der Waals surface area (Å²) in [5.41, 5.74) is 0. The monoisotopic (exact) mass is 418 g/mol. The van der Waals surface area contributed by atoms with Crippen molar-refractivity contribution in [1.29, 1.82) is 0 Å². The van der Waals surface area contributed by atoms with Crippen LogP contribution in [0.5, 0.6) is 0 Å². The van der Waals surface area contributed by atoms with Crippen LogP contribution in [0.1, 0.15) is 110 Å². The van der Waals surface area contributed by atoms with Crippen molar-refractivity contribution in [2.75, 3.05) is 13.2 Å². The minimum atomic E-state index is -0.915. The quantitative estimate of drug-likeness (QED) is 0.166. The zero-order valence-corrected chi connectivity index (χ0v) is 18.6. The largest absolute Gasteiger partial charge is 0.457 e. The predicted molar refractivity (Wildman–Crippen MR) is 116 cm³/mol. The Morgan fingerprint density at radius 2 is 1.10 bits per heavy atom. The fourth-order valence-electron chi connectivity index (χ4n) is 3.43. The molecule has 0 rings (SSSR count). The SMILES string of the molecule is CCCCCCCCCCCC(O)CCCCCC(O)CC(=O)OC(CO)CO. The van der Waals surface area contributed by atoms with E-state index in [0.717, 1.165) is 38.5 Å². The average Bonchev–Trinajstić information content (AvgIpc) is 2.70. The Hall–Kier alpha value is -0.690. The first-order chi connectivity index (χ1) is 14.0. The topological polar surface area (TPSA) is 107 Å². The van der Waals surface area contributed by atoms with Crippen molar-refractivity contribution in [3.05, 3.63) is 0 Å². The molecule has 0 bridgehead atoms. The van der Waals surface area contributed by atoms with Gasteiger partial charge in [0.15, 0.2) is 0 Å². The maximum atomic E-state index is 11.5. The summed E-state index contributed by atoms with van der Waals surface area (Å²) in [4.78, 5) is 11.5. The Labute approximate surface area is 177 Å². The average molecular weight is 419 g/mol. The van der Waals surface area contributed by atoms with Crippen LogP contribution in [-0.2, 0) is 9.53 Å². The Morgan fingerprint density at radius 3 is 1.59 bits per heavy atom. The van der Waals surface area contributed by atoms with Gasteiger partial charge < -0.3 is 25.2 Å². The van der Waals surface area contributed by atoms with Gasteiger partial charge in [0.25, 0.3) is 0 Å². The van der Waals surface area contributed by atoms with E-state index in [-0.39, 0.29) is 12.5 Å². The Balaban J connectivity index is 3.48. The van der Waals surface area contributed by atoms with Crippen LogP contribution < -0.4 is 0 Å². The number of unbranched alkanes of at least 4 members (excludes halogenated alkanes) is 10. The van der Waals surface area contributed by atoms with E-state index in [0.29, 0.717) is 6.42 Å². The molecule has 4 N–H and O–H groups in total. The van der Waals surface area contributed by atoms with Gasteiger partial charge in [-0.05, 0) is 19.3 Å². The highest BCUT2D eigenvalue weighted by Crippen LogP contribution is 2.15. The molecule has 0 aromatic carbocycles. The van der Waals surface area contributed by atoms with Gasteiger partial charge in [0.05, 0.1) is 31.8 Å². The van der Waals surface area contributed by atoms with E-state index in [1.54, 1.807) is 0 Å². The van der Waals surface area contributed by atoms with Crippen LogP contribution in [0, 0.1) is 0 Å². The maximum Gasteiger partial charge on any atom is 0.308 e. The van der Waals surface area contributed by atoms with Gasteiger partial charge in [-0.1, -0.05) is 84.0 Å². The zero-order valence-electron chi connectivity index (χ0n) is 18.6. The van der Waals surface area contributed by atoms with Crippen LogP contribution in [0.25, 0.3) is 0 Å². The van der Waals surface area contributed by atoms with E-state index < -0.39 is 31.4 Å². The van der Waals surface area contributed by atoms with Crippen molar-refractivity contribution < 1.29 is 30.0 Å². The van der Waals surface area contributed by atoms with Crippen LogP contribution in [0.4, 0.5) is 0 Å². The van der Waals surface area contributed by atoms with Gasteiger partial charge in [-0.25, -0.2) is 0 Å². The number of esters is 1. The third-order valence-electron chi connectivity index (χ3n) is 5.32. The predicted octanol–water partition coefficient (Wildman–Crippen LogP) is 3.87. The van der Waals surface area contributed by atoms with Gasteiger partial charge in [-0.15, -0.1) is 0 Å². The highest BCUT2D eigenvalue weighted by molar-refractivity contribution is 5.70. The molecule has 0 aliphatic carbocycles. The summed E-state index contributed by atoms with van der Waals surface area (Å²) < 4.78 is 4.83. The van der Waals surface area contributed by atoms with Crippen molar-refractivity contribution in [2.24, 2.45) is 0 Å². The fourth-order valence-corrected chi connectivity index (χ4v) is 3.43. The van der Waals surface area contributed by atoms with E-state index in [9.17, 15) is 15.0 Å². The smallest absolute Gasteiger partial charge is 0.308 e. The molecule has 0 fully saturated rings. The molecule has 2 atom stereocenters. The van der Waals surface area contributed by atoms with Crippen LogP contribution in [-0.4, -0.2) is 57.9 Å². The molecular formula is C23H46O6. The summed E-state index contributed by atoms with van der Waals surface area (Å²) in [5, 5.41) is 37.6. The lowest BCUT2D eigenvalue weighted by Gasteiger charge is -2.15. The highest BCUT2D eigenvalue weighted by atomic mass is 16.6. The molecule has 0 spiro atoms. The van der Waals surface area contributed by atoms with Crippen molar-refractivity contribution in [1.82, 2.24) is 0 Å². The van der Waals surface area contributed by atoms with Crippen molar-refractivity contribution in [3.8, 4) is 0 Å². The van der Waals surface area contributed by atoms with Gasteiger partial charge in [0, 0.05) is 0 Å². The molecule has 2 unspecified atom stereocenters. The van der Waals surface area contributed by atoms with Gasteiger partial charge >= 0.3 is 5.97 Å². The summed E-state index contributed by atoms with van der Waals surface area (Å²) in [5.74, 6) is -0.609. The Bertz CT molecular complexity index is 359. The minimum Gasteiger partial charge on any atom is -0.457 e. The van der Waals surface area contributed by atoms with Crippen molar-refractivity contribution in [3.63, 3.8) is 0 Å². The first-order valence-electron chi connectivity index (χ1n) is 11.8. The molecule has 174 valence electrons. The summed E-state index contributed by atoms with van der Waals surface area (Å²) in [6.45, 7) is 1.38. The van der Waals surface area contributed by atoms with Crippen molar-refractivity contribution in [2.45, 2.75) is 128 Å². The highest BCUT2D eigenvalue weighted by Gasteiger charge is 2.16. The molecule has 0 aliphatic rings. The summed E-state index contributed by atoms with van der Waals surface area (Å²) in [6, 6.07) is 0. The molecule has 0 saturated heterocycles. The second kappa shape index (κ2) is 20.6. The van der Waals surface area contributed by atoms with E-state index in [1.807, 2.05) is 0 Å². The first kappa shape index (κ1) is 28.3. The van der Waals surface area contributed by atoms with E-state index in [1.165, 1.54) is 51.4 Å². The lowest BCUT2D eigenvalue weighted by atomic mass is 10.0. The molecule has 0 amide bonds. The molecular weight excluding hydrogens is 372 g/mol.